The SMILES string of the molecule is COc1cc(-c2cccc(-c3cccc(NC(=O)C4=CN(C)C(=O)N(C)C4O)c3C)c2C)cc(F)c1CN[C@H]1CNC(=O)C1. The fraction of sp³-hybridized carbons (Fsp3) is 0.303. The molecule has 2 aliphatic heterocycles. The topological polar surface area (TPSA) is 123 Å². The molecule has 1 fully saturated rings. The lowest BCUT2D eigenvalue weighted by atomic mass is 9.90. The van der Waals surface area contributed by atoms with E-state index in [1.807, 2.05) is 50.2 Å². The average Bonchev–Trinajstić information content (AvgIpc) is 3.43. The molecule has 0 aliphatic carbocycles. The molecule has 2 atom stereocenters. The molecule has 44 heavy (non-hydrogen) atoms. The number of amides is 4. The third-order valence-corrected chi connectivity index (χ3v) is 8.28. The molecule has 10 nitrogen and oxygen atoms in total. The van der Waals surface area contributed by atoms with Gasteiger partial charge in [-0.1, -0.05) is 30.3 Å². The highest BCUT2D eigenvalue weighted by Gasteiger charge is 2.33. The first kappa shape index (κ1) is 30.7. The number of nitrogens with one attached hydrogen (secondary N) is 3. The summed E-state index contributed by atoms with van der Waals surface area (Å²) >= 11 is 0. The molecule has 5 rings (SSSR count). The standard InChI is InChI=1S/C33H36FN5O5/c1-18-22(20-12-27(34)25(29(13-20)44-5)16-35-21-14-30(40)36-15-21)8-6-9-23(18)24-10-7-11-28(19(24)2)37-31(41)26-17-38(3)33(43)39(4)32(26)42/h6-13,17,21,32,35,42H,14-16H2,1-5H3,(H,36,40)(H,37,41)/t21-,32?/m1/s1. The van der Waals surface area contributed by atoms with Crippen molar-refractivity contribution < 1.29 is 28.6 Å². The van der Waals surface area contributed by atoms with Gasteiger partial charge < -0.3 is 30.7 Å². The number of nitrogens with zero attached hydrogens (tertiary/aromatic N) is 2. The Kier molecular flexibility index (Phi) is 8.70. The van der Waals surface area contributed by atoms with Gasteiger partial charge in [-0.3, -0.25) is 14.5 Å². The van der Waals surface area contributed by atoms with E-state index < -0.39 is 24.0 Å². The van der Waals surface area contributed by atoms with Crippen LogP contribution < -0.4 is 20.7 Å². The number of benzene rings is 3. The summed E-state index contributed by atoms with van der Waals surface area (Å²) < 4.78 is 21.1. The summed E-state index contributed by atoms with van der Waals surface area (Å²) in [5, 5.41) is 19.4. The first-order chi connectivity index (χ1) is 21.0. The van der Waals surface area contributed by atoms with Crippen LogP contribution in [0.15, 0.2) is 60.3 Å². The molecular weight excluding hydrogens is 565 g/mol. The minimum atomic E-state index is -1.37. The van der Waals surface area contributed by atoms with E-state index >= 15 is 4.39 Å². The molecule has 2 aliphatic rings. The van der Waals surface area contributed by atoms with Gasteiger partial charge in [0.1, 0.15) is 11.6 Å². The van der Waals surface area contributed by atoms with Crippen molar-refractivity contribution in [3.05, 3.63) is 82.8 Å². The number of urea groups is 1. The van der Waals surface area contributed by atoms with Gasteiger partial charge in [-0.25, -0.2) is 9.18 Å². The molecule has 1 unspecified atom stereocenters. The first-order valence-electron chi connectivity index (χ1n) is 14.3. The highest BCUT2D eigenvalue weighted by Crippen LogP contribution is 2.38. The number of hydrogen-bond donors (Lipinski definition) is 4. The number of carbonyl (C=O) groups is 3. The van der Waals surface area contributed by atoms with E-state index in [2.05, 4.69) is 16.0 Å². The quantitative estimate of drug-likeness (QED) is 0.311. The Morgan fingerprint density at radius 2 is 1.75 bits per heavy atom. The van der Waals surface area contributed by atoms with Crippen molar-refractivity contribution in [2.75, 3.05) is 33.1 Å². The number of likely N-dealkylation sites (N-methyl/N-ethyl adjacent to an activating group) is 1. The molecule has 0 saturated carbocycles. The summed E-state index contributed by atoms with van der Waals surface area (Å²) in [6, 6.07) is 14.2. The van der Waals surface area contributed by atoms with Crippen molar-refractivity contribution >= 4 is 23.5 Å². The van der Waals surface area contributed by atoms with Gasteiger partial charge in [0.15, 0.2) is 6.23 Å². The fourth-order valence-electron chi connectivity index (χ4n) is 5.68. The van der Waals surface area contributed by atoms with Crippen molar-refractivity contribution in [1.82, 2.24) is 20.4 Å². The molecule has 0 radical (unpaired) electrons. The lowest BCUT2D eigenvalue weighted by Gasteiger charge is -2.33. The number of rotatable bonds is 8. The lowest BCUT2D eigenvalue weighted by molar-refractivity contribution is -0.119. The maximum absolute atomic E-state index is 15.5. The van der Waals surface area contributed by atoms with E-state index in [1.165, 1.54) is 38.4 Å². The molecule has 1 saturated heterocycles. The maximum Gasteiger partial charge on any atom is 0.325 e. The van der Waals surface area contributed by atoms with Gasteiger partial charge in [0, 0.05) is 57.1 Å². The van der Waals surface area contributed by atoms with E-state index in [1.54, 1.807) is 6.07 Å². The van der Waals surface area contributed by atoms with Crippen LogP contribution in [0, 0.1) is 19.7 Å². The van der Waals surface area contributed by atoms with Crippen LogP contribution in [0.3, 0.4) is 0 Å². The lowest BCUT2D eigenvalue weighted by Crippen LogP contribution is -2.49. The summed E-state index contributed by atoms with van der Waals surface area (Å²) in [4.78, 5) is 39.1. The number of anilines is 1. The van der Waals surface area contributed by atoms with Crippen molar-refractivity contribution in [3.63, 3.8) is 0 Å². The highest BCUT2D eigenvalue weighted by molar-refractivity contribution is 6.06. The second-order valence-corrected chi connectivity index (χ2v) is 11.1. The normalized spacial score (nSPS) is 18.3. The third-order valence-electron chi connectivity index (χ3n) is 8.28. The summed E-state index contributed by atoms with van der Waals surface area (Å²) in [6.07, 6.45) is 0.314. The molecule has 2 heterocycles. The molecule has 3 aromatic rings. The van der Waals surface area contributed by atoms with Crippen LogP contribution >= 0.6 is 0 Å². The van der Waals surface area contributed by atoms with E-state index in [0.29, 0.717) is 35.5 Å². The summed E-state index contributed by atoms with van der Waals surface area (Å²) in [5.74, 6) is -0.551. The zero-order chi connectivity index (χ0) is 31.7. The molecule has 3 aromatic carbocycles. The Balaban J connectivity index is 1.43. The van der Waals surface area contributed by atoms with Crippen LogP contribution in [-0.2, 0) is 16.1 Å². The van der Waals surface area contributed by atoms with E-state index in [0.717, 1.165) is 32.7 Å². The average molecular weight is 602 g/mol. The van der Waals surface area contributed by atoms with Gasteiger partial charge in [-0.15, -0.1) is 0 Å². The van der Waals surface area contributed by atoms with Crippen LogP contribution in [0.25, 0.3) is 22.3 Å². The van der Waals surface area contributed by atoms with Crippen molar-refractivity contribution in [1.29, 1.82) is 0 Å². The predicted octanol–water partition coefficient (Wildman–Crippen LogP) is 3.90. The Labute approximate surface area is 255 Å². The molecule has 4 N–H and O–H groups in total. The number of aliphatic hydroxyl groups excluding tert-OH is 1. The molecule has 0 bridgehead atoms. The first-order valence-corrected chi connectivity index (χ1v) is 14.3. The van der Waals surface area contributed by atoms with Crippen molar-refractivity contribution in [3.8, 4) is 28.0 Å². The molecule has 230 valence electrons. The van der Waals surface area contributed by atoms with Crippen LogP contribution in [-0.4, -0.2) is 72.8 Å². The minimum Gasteiger partial charge on any atom is -0.496 e. The molecule has 11 heteroatoms. The number of ether oxygens (including phenoxy) is 1. The van der Waals surface area contributed by atoms with Crippen molar-refractivity contribution in [2.45, 2.75) is 39.1 Å². The Morgan fingerprint density at radius 1 is 1.07 bits per heavy atom. The Morgan fingerprint density at radius 3 is 2.43 bits per heavy atom. The number of aliphatic hydroxyl groups is 1. The second-order valence-electron chi connectivity index (χ2n) is 11.1. The number of carbonyl (C=O) groups excluding carboxylic acids is 3. The van der Waals surface area contributed by atoms with Gasteiger partial charge in [0.25, 0.3) is 5.91 Å². The molecule has 0 spiro atoms. The minimum absolute atomic E-state index is 0.0254. The van der Waals surface area contributed by atoms with Crippen LogP contribution in [0.4, 0.5) is 14.9 Å². The third kappa shape index (κ3) is 5.88. The van der Waals surface area contributed by atoms with E-state index in [4.69, 9.17) is 4.74 Å². The van der Waals surface area contributed by atoms with E-state index in [9.17, 15) is 19.5 Å². The van der Waals surface area contributed by atoms with Crippen molar-refractivity contribution in [2.24, 2.45) is 0 Å². The van der Waals surface area contributed by atoms with Crippen LogP contribution in [0.2, 0.25) is 0 Å². The fourth-order valence-corrected chi connectivity index (χ4v) is 5.68. The Bertz CT molecular complexity index is 1670. The smallest absolute Gasteiger partial charge is 0.325 e. The van der Waals surface area contributed by atoms with Gasteiger partial charge >= 0.3 is 6.03 Å². The van der Waals surface area contributed by atoms with E-state index in [-0.39, 0.29) is 24.1 Å². The summed E-state index contributed by atoms with van der Waals surface area (Å²) in [7, 11) is 4.45. The monoisotopic (exact) mass is 601 g/mol. The molecular formula is C33H36FN5O5. The largest absolute Gasteiger partial charge is 0.496 e. The number of methoxy groups -OCH3 is 1. The summed E-state index contributed by atoms with van der Waals surface area (Å²) in [5.41, 5.74) is 5.96. The zero-order valence-electron chi connectivity index (χ0n) is 25.3. The maximum atomic E-state index is 15.5. The Hall–Kier alpha value is -4.74. The summed E-state index contributed by atoms with van der Waals surface area (Å²) in [6.45, 7) is 4.59. The second kappa shape index (κ2) is 12.5. The molecule has 4 amide bonds. The number of hydrogen-bond acceptors (Lipinski definition) is 6. The molecule has 0 aromatic heterocycles. The highest BCUT2D eigenvalue weighted by atomic mass is 19.1. The van der Waals surface area contributed by atoms with Gasteiger partial charge in [0.05, 0.1) is 12.7 Å². The van der Waals surface area contributed by atoms with Gasteiger partial charge in [-0.2, -0.15) is 0 Å². The van der Waals surface area contributed by atoms with Gasteiger partial charge in [0.2, 0.25) is 5.91 Å². The van der Waals surface area contributed by atoms with Crippen LogP contribution in [0.5, 0.6) is 5.75 Å². The number of halogens is 1. The van der Waals surface area contributed by atoms with Crippen LogP contribution in [0.1, 0.15) is 23.1 Å². The predicted molar refractivity (Wildman–Crippen MR) is 165 cm³/mol. The zero-order valence-corrected chi connectivity index (χ0v) is 25.3. The van der Waals surface area contributed by atoms with Gasteiger partial charge in [-0.05, 0) is 65.4 Å².